The first-order valence-electron chi connectivity index (χ1n) is 5.94. The van der Waals surface area contributed by atoms with Crippen LogP contribution in [0.1, 0.15) is 6.92 Å². The van der Waals surface area contributed by atoms with E-state index in [0.29, 0.717) is 18.1 Å². The smallest absolute Gasteiger partial charge is 0.242 e. The molecule has 0 unspecified atom stereocenters. The highest BCUT2D eigenvalue weighted by atomic mass is 28.4. The highest BCUT2D eigenvalue weighted by molar-refractivity contribution is 6.70. The molecular formula is C12H26O3Si2. The van der Waals surface area contributed by atoms with Crippen LogP contribution in [-0.2, 0) is 13.6 Å². The Morgan fingerprint density at radius 2 is 1.59 bits per heavy atom. The minimum Gasteiger partial charge on any atom is -0.547 e. The van der Waals surface area contributed by atoms with Gasteiger partial charge in [-0.1, -0.05) is 6.58 Å². The molecule has 0 aliphatic heterocycles. The second kappa shape index (κ2) is 6.30. The van der Waals surface area contributed by atoms with Gasteiger partial charge in [0.25, 0.3) is 0 Å². The Morgan fingerprint density at radius 1 is 1.06 bits per heavy atom. The molecule has 0 aliphatic rings. The lowest BCUT2D eigenvalue weighted by Gasteiger charge is -2.23. The molecule has 0 radical (unpaired) electrons. The van der Waals surface area contributed by atoms with Gasteiger partial charge >= 0.3 is 0 Å². The minimum absolute atomic E-state index is 0.573. The Kier molecular flexibility index (Phi) is 6.05. The Balaban J connectivity index is 4.68. The van der Waals surface area contributed by atoms with Gasteiger partial charge in [0.2, 0.25) is 16.6 Å². The van der Waals surface area contributed by atoms with Gasteiger partial charge in [-0.25, -0.2) is 0 Å². The molecule has 0 saturated carbocycles. The van der Waals surface area contributed by atoms with Crippen LogP contribution in [0.3, 0.4) is 0 Å². The largest absolute Gasteiger partial charge is 0.547 e. The molecule has 0 rings (SSSR count). The molecule has 0 aromatic heterocycles. The summed E-state index contributed by atoms with van der Waals surface area (Å²) in [6.07, 6.45) is 1.65. The normalized spacial score (nSPS) is 13.2. The Bertz CT molecular complexity index is 285. The molecule has 0 spiro atoms. The monoisotopic (exact) mass is 274 g/mol. The van der Waals surface area contributed by atoms with Gasteiger partial charge in [0.05, 0.1) is 6.61 Å². The van der Waals surface area contributed by atoms with E-state index in [1.165, 1.54) is 0 Å². The van der Waals surface area contributed by atoms with E-state index < -0.39 is 16.6 Å². The van der Waals surface area contributed by atoms with Crippen LogP contribution in [-0.4, -0.2) is 23.2 Å². The Morgan fingerprint density at radius 3 is 1.94 bits per heavy atom. The van der Waals surface area contributed by atoms with Crippen molar-refractivity contribution < 1.29 is 13.6 Å². The third kappa shape index (κ3) is 9.06. The number of hydrogen-bond acceptors (Lipinski definition) is 3. The van der Waals surface area contributed by atoms with E-state index in [2.05, 4.69) is 45.9 Å². The molecule has 0 aromatic carbocycles. The summed E-state index contributed by atoms with van der Waals surface area (Å²) >= 11 is 0. The molecule has 0 amide bonds. The molecular weight excluding hydrogens is 248 g/mol. The number of hydrogen-bond donors (Lipinski definition) is 0. The molecule has 5 heteroatoms. The fourth-order valence-corrected chi connectivity index (χ4v) is 2.29. The molecule has 0 saturated heterocycles. The zero-order chi connectivity index (χ0) is 13.7. The van der Waals surface area contributed by atoms with Crippen LogP contribution < -0.4 is 0 Å². The van der Waals surface area contributed by atoms with E-state index in [4.69, 9.17) is 13.6 Å². The molecule has 0 heterocycles. The van der Waals surface area contributed by atoms with E-state index in [0.717, 1.165) is 0 Å². The van der Waals surface area contributed by atoms with Crippen LogP contribution in [0.2, 0.25) is 39.3 Å². The first kappa shape index (κ1) is 16.3. The van der Waals surface area contributed by atoms with Crippen molar-refractivity contribution in [2.45, 2.75) is 46.2 Å². The standard InChI is InChI=1S/C12H26O3Si2/c1-9-13-12(10-14-16(3,4)5)11(2)15-17(6,7)8/h10H,2,9H2,1,3-8H3/b12-10+. The van der Waals surface area contributed by atoms with Gasteiger partial charge < -0.3 is 13.6 Å². The zero-order valence-corrected chi connectivity index (χ0v) is 14.2. The third-order valence-corrected chi connectivity index (χ3v) is 3.21. The first-order valence-corrected chi connectivity index (χ1v) is 12.8. The van der Waals surface area contributed by atoms with Crippen molar-refractivity contribution in [3.05, 3.63) is 24.4 Å². The first-order chi connectivity index (χ1) is 7.55. The quantitative estimate of drug-likeness (QED) is 0.398. The van der Waals surface area contributed by atoms with Gasteiger partial charge in [0, 0.05) is 0 Å². The summed E-state index contributed by atoms with van der Waals surface area (Å²) in [5, 5.41) is 0. The average molecular weight is 275 g/mol. The van der Waals surface area contributed by atoms with Crippen LogP contribution >= 0.6 is 0 Å². The number of ether oxygens (including phenoxy) is 1. The van der Waals surface area contributed by atoms with Gasteiger partial charge in [-0.3, -0.25) is 0 Å². The van der Waals surface area contributed by atoms with Crippen LogP contribution in [0.25, 0.3) is 0 Å². The lowest BCUT2D eigenvalue weighted by Crippen LogP contribution is -2.26. The second-order valence-corrected chi connectivity index (χ2v) is 14.7. The zero-order valence-electron chi connectivity index (χ0n) is 12.2. The van der Waals surface area contributed by atoms with Crippen LogP contribution in [0.4, 0.5) is 0 Å². The summed E-state index contributed by atoms with van der Waals surface area (Å²) in [7, 11) is -3.25. The van der Waals surface area contributed by atoms with Gasteiger partial charge in [-0.15, -0.1) is 0 Å². The van der Waals surface area contributed by atoms with Gasteiger partial charge in [-0.05, 0) is 46.2 Å². The molecule has 0 bridgehead atoms. The summed E-state index contributed by atoms with van der Waals surface area (Å²) in [4.78, 5) is 0. The van der Waals surface area contributed by atoms with E-state index in [1.807, 2.05) is 6.92 Å². The SMILES string of the molecule is C=C(O[Si](C)(C)C)/C(=C\O[Si](C)(C)C)OCC. The molecule has 0 aliphatic carbocycles. The third-order valence-electron chi connectivity index (χ3n) is 1.52. The Labute approximate surface area is 108 Å². The fourth-order valence-electron chi connectivity index (χ4n) is 0.986. The van der Waals surface area contributed by atoms with Crippen molar-refractivity contribution in [2.75, 3.05) is 6.61 Å². The van der Waals surface area contributed by atoms with Crippen molar-refractivity contribution in [2.24, 2.45) is 0 Å². The number of rotatable bonds is 7. The molecule has 0 fully saturated rings. The predicted molar refractivity (Wildman–Crippen MR) is 77.7 cm³/mol. The molecule has 0 aromatic rings. The van der Waals surface area contributed by atoms with Crippen LogP contribution in [0.5, 0.6) is 0 Å². The van der Waals surface area contributed by atoms with Crippen LogP contribution in [0, 0.1) is 0 Å². The van der Waals surface area contributed by atoms with Gasteiger partial charge in [0.1, 0.15) is 12.0 Å². The lowest BCUT2D eigenvalue weighted by atomic mass is 10.5. The second-order valence-electron chi connectivity index (χ2n) is 5.78. The van der Waals surface area contributed by atoms with E-state index in [-0.39, 0.29) is 0 Å². The van der Waals surface area contributed by atoms with Gasteiger partial charge in [0.15, 0.2) is 5.76 Å². The van der Waals surface area contributed by atoms with E-state index >= 15 is 0 Å². The highest BCUT2D eigenvalue weighted by Gasteiger charge is 2.20. The maximum Gasteiger partial charge on any atom is 0.242 e. The van der Waals surface area contributed by atoms with E-state index in [9.17, 15) is 0 Å². The fraction of sp³-hybridized carbons (Fsp3) is 0.667. The maximum atomic E-state index is 5.80. The molecule has 100 valence electrons. The predicted octanol–water partition coefficient (Wildman–Crippen LogP) is 4.08. The van der Waals surface area contributed by atoms with Crippen molar-refractivity contribution in [3.8, 4) is 0 Å². The molecule has 3 nitrogen and oxygen atoms in total. The molecule has 17 heavy (non-hydrogen) atoms. The van der Waals surface area contributed by atoms with Crippen molar-refractivity contribution in [3.63, 3.8) is 0 Å². The summed E-state index contributed by atoms with van der Waals surface area (Å²) < 4.78 is 17.0. The van der Waals surface area contributed by atoms with Crippen molar-refractivity contribution in [1.82, 2.24) is 0 Å². The van der Waals surface area contributed by atoms with Gasteiger partial charge in [-0.2, -0.15) is 0 Å². The summed E-state index contributed by atoms with van der Waals surface area (Å²) in [5.41, 5.74) is 0. The van der Waals surface area contributed by atoms with E-state index in [1.54, 1.807) is 6.26 Å². The highest BCUT2D eigenvalue weighted by Crippen LogP contribution is 2.18. The minimum atomic E-state index is -1.65. The van der Waals surface area contributed by atoms with Crippen molar-refractivity contribution >= 4 is 16.6 Å². The molecule has 0 N–H and O–H groups in total. The average Bonchev–Trinajstić information content (AvgIpc) is 2.07. The Hall–Kier alpha value is -0.686. The summed E-state index contributed by atoms with van der Waals surface area (Å²) in [5.74, 6) is 1.18. The lowest BCUT2D eigenvalue weighted by molar-refractivity contribution is 0.201. The summed E-state index contributed by atoms with van der Waals surface area (Å²) in [6, 6.07) is 0. The van der Waals surface area contributed by atoms with Crippen molar-refractivity contribution in [1.29, 1.82) is 0 Å². The van der Waals surface area contributed by atoms with Crippen LogP contribution in [0.15, 0.2) is 24.4 Å². The summed E-state index contributed by atoms with van der Waals surface area (Å²) in [6.45, 7) is 19.1. The maximum absolute atomic E-state index is 5.80. The molecule has 0 atom stereocenters. The topological polar surface area (TPSA) is 27.7 Å².